The summed E-state index contributed by atoms with van der Waals surface area (Å²) in [5, 5.41) is 0. The van der Waals surface area contributed by atoms with Crippen LogP contribution in [0.3, 0.4) is 0 Å². The standard InChI is InChI=1S/C28H44N4O/c1-22(2)29-13-10-24(11-14-29)28(33)32-19-17-31(18-20-32)27-8-7-23-9-15-30(16-12-25(23)21-27)26-5-3-4-6-26/h7-8,21-22,24,26H,3-6,9-20H2,1-2H3. The highest BCUT2D eigenvalue weighted by atomic mass is 16.2. The van der Waals surface area contributed by atoms with Crippen LogP contribution >= 0.6 is 0 Å². The maximum absolute atomic E-state index is 13.1. The monoisotopic (exact) mass is 452 g/mol. The number of piperidine rings is 1. The molecule has 5 rings (SSSR count). The van der Waals surface area contributed by atoms with E-state index in [1.54, 1.807) is 11.1 Å². The first-order valence-electron chi connectivity index (χ1n) is 13.7. The molecule has 0 atom stereocenters. The van der Waals surface area contributed by atoms with Crippen LogP contribution in [0.5, 0.6) is 0 Å². The Morgan fingerprint density at radius 1 is 0.818 bits per heavy atom. The van der Waals surface area contributed by atoms with Crippen molar-refractivity contribution in [2.45, 2.75) is 77.3 Å². The molecule has 1 aliphatic carbocycles. The summed E-state index contributed by atoms with van der Waals surface area (Å²) in [6.07, 6.45) is 10.1. The third kappa shape index (κ3) is 5.24. The lowest BCUT2D eigenvalue weighted by Gasteiger charge is -2.40. The molecule has 3 fully saturated rings. The zero-order valence-corrected chi connectivity index (χ0v) is 21.0. The molecule has 0 radical (unpaired) electrons. The van der Waals surface area contributed by atoms with E-state index in [2.05, 4.69) is 51.6 Å². The Hall–Kier alpha value is -1.59. The lowest BCUT2D eigenvalue weighted by molar-refractivity contribution is -0.137. The maximum atomic E-state index is 13.1. The van der Waals surface area contributed by atoms with Crippen LogP contribution in [0.2, 0.25) is 0 Å². The predicted octanol–water partition coefficient (Wildman–Crippen LogP) is 3.80. The molecule has 0 bridgehead atoms. The van der Waals surface area contributed by atoms with E-state index in [0.29, 0.717) is 11.9 Å². The Morgan fingerprint density at radius 2 is 1.48 bits per heavy atom. The number of carbonyl (C=O) groups is 1. The van der Waals surface area contributed by atoms with Crippen molar-refractivity contribution in [2.75, 3.05) is 57.3 Å². The van der Waals surface area contributed by atoms with Gasteiger partial charge in [0.05, 0.1) is 0 Å². The summed E-state index contributed by atoms with van der Waals surface area (Å²) in [4.78, 5) is 23.1. The predicted molar refractivity (Wildman–Crippen MR) is 136 cm³/mol. The summed E-state index contributed by atoms with van der Waals surface area (Å²) < 4.78 is 0. The fourth-order valence-electron chi connectivity index (χ4n) is 6.67. The van der Waals surface area contributed by atoms with Crippen molar-refractivity contribution < 1.29 is 4.79 Å². The molecule has 182 valence electrons. The minimum atomic E-state index is 0.238. The van der Waals surface area contributed by atoms with E-state index in [4.69, 9.17) is 0 Å². The number of rotatable bonds is 4. The summed E-state index contributed by atoms with van der Waals surface area (Å²) in [6.45, 7) is 12.8. The largest absolute Gasteiger partial charge is 0.368 e. The SMILES string of the molecule is CC(C)N1CCC(C(=O)N2CCN(c3ccc4c(c3)CCN(C3CCCC3)CC4)CC2)CC1. The van der Waals surface area contributed by atoms with Crippen molar-refractivity contribution in [3.63, 3.8) is 0 Å². The van der Waals surface area contributed by atoms with Gasteiger partial charge < -0.3 is 14.7 Å². The van der Waals surface area contributed by atoms with Gasteiger partial charge in [0.25, 0.3) is 0 Å². The van der Waals surface area contributed by atoms with Crippen molar-refractivity contribution in [2.24, 2.45) is 5.92 Å². The molecule has 5 heteroatoms. The summed E-state index contributed by atoms with van der Waals surface area (Å²) in [6, 6.07) is 8.62. The molecule has 0 unspecified atom stereocenters. The molecule has 0 N–H and O–H groups in total. The molecule has 5 nitrogen and oxygen atoms in total. The molecular weight excluding hydrogens is 408 g/mol. The van der Waals surface area contributed by atoms with Gasteiger partial charge in [-0.2, -0.15) is 0 Å². The second-order valence-corrected chi connectivity index (χ2v) is 11.1. The molecule has 3 aliphatic heterocycles. The van der Waals surface area contributed by atoms with Crippen LogP contribution in [0.1, 0.15) is 63.5 Å². The highest BCUT2D eigenvalue weighted by Gasteiger charge is 2.31. The molecule has 2 saturated heterocycles. The van der Waals surface area contributed by atoms with Gasteiger partial charge in [-0.3, -0.25) is 9.69 Å². The lowest BCUT2D eigenvalue weighted by Crippen LogP contribution is -2.52. The second-order valence-electron chi connectivity index (χ2n) is 11.1. The number of hydrogen-bond donors (Lipinski definition) is 0. The number of benzene rings is 1. The van der Waals surface area contributed by atoms with Crippen molar-refractivity contribution in [3.8, 4) is 0 Å². The van der Waals surface area contributed by atoms with E-state index in [9.17, 15) is 4.79 Å². The van der Waals surface area contributed by atoms with Gasteiger partial charge in [0.1, 0.15) is 0 Å². The first kappa shape index (κ1) is 23.2. The first-order valence-corrected chi connectivity index (χ1v) is 13.7. The third-order valence-electron chi connectivity index (χ3n) is 8.93. The van der Waals surface area contributed by atoms with Crippen LogP contribution in [-0.2, 0) is 17.6 Å². The highest BCUT2D eigenvalue weighted by molar-refractivity contribution is 5.79. The molecule has 0 spiro atoms. The van der Waals surface area contributed by atoms with Crippen LogP contribution < -0.4 is 4.90 Å². The Kier molecular flexibility index (Phi) is 7.27. The Balaban J connectivity index is 1.14. The fourth-order valence-corrected chi connectivity index (χ4v) is 6.67. The number of piperazine rings is 1. The molecule has 1 aromatic rings. The van der Waals surface area contributed by atoms with Gasteiger partial charge in [-0.15, -0.1) is 0 Å². The Labute approximate surface area is 201 Å². The van der Waals surface area contributed by atoms with Crippen LogP contribution in [0.15, 0.2) is 18.2 Å². The molecule has 1 amide bonds. The van der Waals surface area contributed by atoms with Crippen LogP contribution in [-0.4, -0.2) is 85.0 Å². The van der Waals surface area contributed by atoms with Crippen molar-refractivity contribution in [1.82, 2.24) is 14.7 Å². The fraction of sp³-hybridized carbons (Fsp3) is 0.750. The van der Waals surface area contributed by atoms with Gasteiger partial charge in [0.2, 0.25) is 5.91 Å². The second kappa shape index (κ2) is 10.4. The van der Waals surface area contributed by atoms with Gasteiger partial charge in [0, 0.05) is 63.0 Å². The van der Waals surface area contributed by atoms with Gasteiger partial charge in [-0.25, -0.2) is 0 Å². The highest BCUT2D eigenvalue weighted by Crippen LogP contribution is 2.29. The van der Waals surface area contributed by atoms with E-state index in [1.807, 2.05) is 0 Å². The van der Waals surface area contributed by atoms with Crippen LogP contribution in [0.25, 0.3) is 0 Å². The number of hydrogen-bond acceptors (Lipinski definition) is 4. The molecule has 3 heterocycles. The number of amides is 1. The summed E-state index contributed by atoms with van der Waals surface area (Å²) in [5.41, 5.74) is 4.48. The minimum Gasteiger partial charge on any atom is -0.368 e. The number of anilines is 1. The summed E-state index contributed by atoms with van der Waals surface area (Å²) in [7, 11) is 0. The van der Waals surface area contributed by atoms with Gasteiger partial charge in [0.15, 0.2) is 0 Å². The van der Waals surface area contributed by atoms with Crippen LogP contribution in [0, 0.1) is 5.92 Å². The van der Waals surface area contributed by atoms with Crippen molar-refractivity contribution in [3.05, 3.63) is 29.3 Å². The molecule has 1 aromatic carbocycles. The summed E-state index contributed by atoms with van der Waals surface area (Å²) in [5.74, 6) is 0.647. The lowest BCUT2D eigenvalue weighted by atomic mass is 9.94. The molecule has 0 aromatic heterocycles. The minimum absolute atomic E-state index is 0.238. The molecule has 33 heavy (non-hydrogen) atoms. The van der Waals surface area contributed by atoms with Gasteiger partial charge in [-0.05, 0) is 88.7 Å². The van der Waals surface area contributed by atoms with E-state index in [-0.39, 0.29) is 5.92 Å². The number of nitrogens with zero attached hydrogens (tertiary/aromatic N) is 4. The zero-order chi connectivity index (χ0) is 22.8. The smallest absolute Gasteiger partial charge is 0.225 e. The van der Waals surface area contributed by atoms with Crippen LogP contribution in [0.4, 0.5) is 5.69 Å². The average Bonchev–Trinajstić information content (AvgIpc) is 3.31. The van der Waals surface area contributed by atoms with E-state index < -0.39 is 0 Å². The van der Waals surface area contributed by atoms with Gasteiger partial charge in [-0.1, -0.05) is 18.9 Å². The van der Waals surface area contributed by atoms with E-state index in [0.717, 1.165) is 58.2 Å². The Morgan fingerprint density at radius 3 is 2.15 bits per heavy atom. The number of carbonyl (C=O) groups excluding carboxylic acids is 1. The molecular formula is C28H44N4O. The topological polar surface area (TPSA) is 30.0 Å². The average molecular weight is 453 g/mol. The summed E-state index contributed by atoms with van der Waals surface area (Å²) >= 11 is 0. The normalized spacial score (nSPS) is 24.3. The first-order chi connectivity index (χ1) is 16.1. The van der Waals surface area contributed by atoms with Crippen molar-refractivity contribution in [1.29, 1.82) is 0 Å². The molecule has 4 aliphatic rings. The maximum Gasteiger partial charge on any atom is 0.225 e. The Bertz CT molecular complexity index is 802. The number of fused-ring (bicyclic) bond motifs is 1. The van der Waals surface area contributed by atoms with E-state index in [1.165, 1.54) is 57.3 Å². The zero-order valence-electron chi connectivity index (χ0n) is 21.0. The quantitative estimate of drug-likeness (QED) is 0.695. The van der Waals surface area contributed by atoms with E-state index >= 15 is 0 Å². The third-order valence-corrected chi connectivity index (χ3v) is 8.93. The molecule has 1 saturated carbocycles. The number of likely N-dealkylation sites (tertiary alicyclic amines) is 1. The van der Waals surface area contributed by atoms with Crippen molar-refractivity contribution >= 4 is 11.6 Å². The van der Waals surface area contributed by atoms with Gasteiger partial charge >= 0.3 is 0 Å².